The van der Waals surface area contributed by atoms with E-state index < -0.39 is 0 Å². The molecule has 0 aliphatic carbocycles. The molecule has 0 aliphatic heterocycles. The molecule has 1 amide bonds. The summed E-state index contributed by atoms with van der Waals surface area (Å²) in [5.74, 6) is -0.234. The molecule has 0 radical (unpaired) electrons. The molecule has 2 aromatic rings. The summed E-state index contributed by atoms with van der Waals surface area (Å²) in [6.45, 7) is 4.88. The average Bonchev–Trinajstić information content (AvgIpc) is 2.48. The van der Waals surface area contributed by atoms with E-state index in [0.29, 0.717) is 10.7 Å². The van der Waals surface area contributed by atoms with Gasteiger partial charge in [-0.3, -0.25) is 4.79 Å². The first-order valence-electron chi connectivity index (χ1n) is 6.87. The van der Waals surface area contributed by atoms with Crippen molar-refractivity contribution in [3.63, 3.8) is 0 Å². The summed E-state index contributed by atoms with van der Waals surface area (Å²) in [5.41, 5.74) is 2.94. The first-order chi connectivity index (χ1) is 10.1. The SMILES string of the molecule is CCCNc1ccc(C(=O)Nc2ccc(Cl)cc2C)nc1. The Morgan fingerprint density at radius 2 is 2.10 bits per heavy atom. The first kappa shape index (κ1) is 15.3. The van der Waals surface area contributed by atoms with Crippen molar-refractivity contribution in [2.45, 2.75) is 20.3 Å². The predicted molar refractivity (Wildman–Crippen MR) is 87.2 cm³/mol. The van der Waals surface area contributed by atoms with E-state index in [9.17, 15) is 4.79 Å². The fraction of sp³-hybridized carbons (Fsp3) is 0.250. The van der Waals surface area contributed by atoms with Crippen LogP contribution in [0.5, 0.6) is 0 Å². The number of hydrogen-bond acceptors (Lipinski definition) is 3. The molecule has 0 aliphatic rings. The molecular weight excluding hydrogens is 286 g/mol. The summed E-state index contributed by atoms with van der Waals surface area (Å²) in [7, 11) is 0. The highest BCUT2D eigenvalue weighted by Crippen LogP contribution is 2.20. The summed E-state index contributed by atoms with van der Waals surface area (Å²) in [6, 6.07) is 8.90. The monoisotopic (exact) mass is 303 g/mol. The molecule has 110 valence electrons. The van der Waals surface area contributed by atoms with Crippen LogP contribution in [0.2, 0.25) is 5.02 Å². The molecule has 5 heteroatoms. The maximum atomic E-state index is 12.1. The smallest absolute Gasteiger partial charge is 0.274 e. The van der Waals surface area contributed by atoms with Crippen LogP contribution in [0.15, 0.2) is 36.5 Å². The van der Waals surface area contributed by atoms with Gasteiger partial charge in [0.15, 0.2) is 0 Å². The van der Waals surface area contributed by atoms with Gasteiger partial charge in [-0.05, 0) is 49.2 Å². The summed E-state index contributed by atoms with van der Waals surface area (Å²) in [5, 5.41) is 6.70. The average molecular weight is 304 g/mol. The molecule has 1 aromatic carbocycles. The van der Waals surface area contributed by atoms with E-state index in [0.717, 1.165) is 29.9 Å². The molecule has 2 rings (SSSR count). The third-order valence-corrected chi connectivity index (χ3v) is 3.25. The van der Waals surface area contributed by atoms with Gasteiger partial charge in [-0.1, -0.05) is 18.5 Å². The van der Waals surface area contributed by atoms with Crippen molar-refractivity contribution >= 4 is 28.9 Å². The van der Waals surface area contributed by atoms with Crippen molar-refractivity contribution in [3.8, 4) is 0 Å². The number of pyridine rings is 1. The van der Waals surface area contributed by atoms with Crippen molar-refractivity contribution in [2.75, 3.05) is 17.2 Å². The topological polar surface area (TPSA) is 54.0 Å². The van der Waals surface area contributed by atoms with Gasteiger partial charge in [-0.25, -0.2) is 4.98 Å². The number of benzene rings is 1. The van der Waals surface area contributed by atoms with Crippen LogP contribution < -0.4 is 10.6 Å². The highest BCUT2D eigenvalue weighted by molar-refractivity contribution is 6.30. The third kappa shape index (κ3) is 4.20. The number of carbonyl (C=O) groups excluding carboxylic acids is 1. The van der Waals surface area contributed by atoms with Crippen LogP contribution in [0, 0.1) is 6.92 Å². The van der Waals surface area contributed by atoms with Crippen LogP contribution in [0.3, 0.4) is 0 Å². The standard InChI is InChI=1S/C16H18ClN3O/c1-3-8-18-13-5-7-15(19-10-13)16(21)20-14-6-4-12(17)9-11(14)2/h4-7,9-10,18H,3,8H2,1-2H3,(H,20,21). The highest BCUT2D eigenvalue weighted by atomic mass is 35.5. The number of rotatable bonds is 5. The molecule has 0 atom stereocenters. The predicted octanol–water partition coefficient (Wildman–Crippen LogP) is 4.12. The van der Waals surface area contributed by atoms with Crippen molar-refractivity contribution in [2.24, 2.45) is 0 Å². The minimum absolute atomic E-state index is 0.234. The molecule has 0 spiro atoms. The van der Waals surface area contributed by atoms with Crippen LogP contribution in [0.4, 0.5) is 11.4 Å². The van der Waals surface area contributed by atoms with E-state index >= 15 is 0 Å². The Balaban J connectivity index is 2.06. The number of anilines is 2. The molecule has 21 heavy (non-hydrogen) atoms. The van der Waals surface area contributed by atoms with E-state index in [-0.39, 0.29) is 5.91 Å². The minimum Gasteiger partial charge on any atom is -0.384 e. The fourth-order valence-corrected chi connectivity index (χ4v) is 2.08. The van der Waals surface area contributed by atoms with Gasteiger partial charge in [-0.15, -0.1) is 0 Å². The Morgan fingerprint density at radius 3 is 2.71 bits per heavy atom. The summed E-state index contributed by atoms with van der Waals surface area (Å²) in [4.78, 5) is 16.3. The fourth-order valence-electron chi connectivity index (χ4n) is 1.86. The van der Waals surface area contributed by atoms with Crippen LogP contribution in [0.25, 0.3) is 0 Å². The number of amides is 1. The van der Waals surface area contributed by atoms with Gasteiger partial charge in [0, 0.05) is 17.3 Å². The largest absolute Gasteiger partial charge is 0.384 e. The van der Waals surface area contributed by atoms with Gasteiger partial charge < -0.3 is 10.6 Å². The maximum Gasteiger partial charge on any atom is 0.274 e. The summed E-state index contributed by atoms with van der Waals surface area (Å²) < 4.78 is 0. The van der Waals surface area contributed by atoms with E-state index in [1.165, 1.54) is 0 Å². The van der Waals surface area contributed by atoms with E-state index in [1.54, 1.807) is 24.4 Å². The lowest BCUT2D eigenvalue weighted by Crippen LogP contribution is -2.14. The number of carbonyl (C=O) groups is 1. The number of aryl methyl sites for hydroxylation is 1. The van der Waals surface area contributed by atoms with E-state index in [2.05, 4.69) is 22.5 Å². The minimum atomic E-state index is -0.234. The number of halogens is 1. The van der Waals surface area contributed by atoms with Gasteiger partial charge in [-0.2, -0.15) is 0 Å². The molecule has 1 aromatic heterocycles. The van der Waals surface area contributed by atoms with Crippen LogP contribution in [-0.2, 0) is 0 Å². The molecule has 0 saturated heterocycles. The Hall–Kier alpha value is -2.07. The maximum absolute atomic E-state index is 12.1. The number of hydrogen-bond donors (Lipinski definition) is 2. The second-order valence-corrected chi connectivity index (χ2v) is 5.21. The molecule has 1 heterocycles. The van der Waals surface area contributed by atoms with E-state index in [1.807, 2.05) is 19.1 Å². The third-order valence-electron chi connectivity index (χ3n) is 3.01. The van der Waals surface area contributed by atoms with E-state index in [4.69, 9.17) is 11.6 Å². The summed E-state index contributed by atoms with van der Waals surface area (Å²) >= 11 is 5.90. The molecule has 4 nitrogen and oxygen atoms in total. The second-order valence-electron chi connectivity index (χ2n) is 4.77. The zero-order chi connectivity index (χ0) is 15.2. The molecule has 2 N–H and O–H groups in total. The zero-order valence-corrected chi connectivity index (χ0v) is 12.9. The van der Waals surface area contributed by atoms with Crippen molar-refractivity contribution in [1.29, 1.82) is 0 Å². The van der Waals surface area contributed by atoms with Crippen molar-refractivity contribution in [3.05, 3.63) is 52.8 Å². The quantitative estimate of drug-likeness (QED) is 0.873. The lowest BCUT2D eigenvalue weighted by Gasteiger charge is -2.09. The van der Waals surface area contributed by atoms with Crippen molar-refractivity contribution < 1.29 is 4.79 Å². The molecule has 0 unspecified atom stereocenters. The normalized spacial score (nSPS) is 10.2. The Kier molecular flexibility index (Phi) is 5.17. The Morgan fingerprint density at radius 1 is 1.29 bits per heavy atom. The lowest BCUT2D eigenvalue weighted by molar-refractivity contribution is 0.102. The van der Waals surface area contributed by atoms with Crippen LogP contribution >= 0.6 is 11.6 Å². The summed E-state index contributed by atoms with van der Waals surface area (Å²) in [6.07, 6.45) is 2.71. The van der Waals surface area contributed by atoms with Crippen molar-refractivity contribution in [1.82, 2.24) is 4.98 Å². The van der Waals surface area contributed by atoms with Crippen LogP contribution in [-0.4, -0.2) is 17.4 Å². The van der Waals surface area contributed by atoms with Gasteiger partial charge in [0.1, 0.15) is 5.69 Å². The Labute approximate surface area is 129 Å². The molecule has 0 bridgehead atoms. The number of nitrogens with zero attached hydrogens (tertiary/aromatic N) is 1. The molecule has 0 fully saturated rings. The highest BCUT2D eigenvalue weighted by Gasteiger charge is 2.09. The van der Waals surface area contributed by atoms with Gasteiger partial charge in [0.25, 0.3) is 5.91 Å². The lowest BCUT2D eigenvalue weighted by atomic mass is 10.2. The zero-order valence-electron chi connectivity index (χ0n) is 12.1. The Bertz CT molecular complexity index is 626. The van der Waals surface area contributed by atoms with Gasteiger partial charge in [0.05, 0.1) is 11.9 Å². The van der Waals surface area contributed by atoms with Gasteiger partial charge in [0.2, 0.25) is 0 Å². The van der Waals surface area contributed by atoms with Gasteiger partial charge >= 0.3 is 0 Å². The second kappa shape index (κ2) is 7.09. The number of nitrogens with one attached hydrogen (secondary N) is 2. The number of aromatic nitrogens is 1. The first-order valence-corrected chi connectivity index (χ1v) is 7.25. The van der Waals surface area contributed by atoms with Crippen LogP contribution in [0.1, 0.15) is 29.4 Å². The molecular formula is C16H18ClN3O. The molecule has 0 saturated carbocycles.